The lowest BCUT2D eigenvalue weighted by Crippen LogP contribution is -2.40. The molecule has 0 amide bonds. The highest BCUT2D eigenvalue weighted by Crippen LogP contribution is 2.03. The van der Waals surface area contributed by atoms with E-state index in [-0.39, 0.29) is 36.0 Å². The number of unbranched alkanes of at least 4 members (excludes halogenated alkanes) is 3. The summed E-state index contributed by atoms with van der Waals surface area (Å²) >= 11 is 0. The fourth-order valence-electron chi connectivity index (χ4n) is 1.63. The van der Waals surface area contributed by atoms with Gasteiger partial charge in [-0.2, -0.15) is 0 Å². The number of aliphatic imine (C=N–C) groups is 1. The van der Waals surface area contributed by atoms with E-state index in [0.29, 0.717) is 25.5 Å². The van der Waals surface area contributed by atoms with Crippen LogP contribution in [0.5, 0.6) is 0 Å². The van der Waals surface area contributed by atoms with Crippen molar-refractivity contribution in [3.8, 4) is 0 Å². The van der Waals surface area contributed by atoms with Crippen molar-refractivity contribution < 1.29 is 14.3 Å². The van der Waals surface area contributed by atoms with Gasteiger partial charge < -0.3 is 20.5 Å². The minimum absolute atomic E-state index is 0. The number of carbonyl (C=O) groups is 1. The van der Waals surface area contributed by atoms with Gasteiger partial charge in [-0.15, -0.1) is 24.0 Å². The number of rotatable bonds is 10. The number of nitrogens with two attached hydrogens (primary N) is 1. The summed E-state index contributed by atoms with van der Waals surface area (Å²) in [5.74, 6) is 0.317. The molecule has 1 atom stereocenters. The van der Waals surface area contributed by atoms with E-state index in [1.54, 1.807) is 7.11 Å². The number of hydrogen-bond donors (Lipinski definition) is 2. The van der Waals surface area contributed by atoms with E-state index in [4.69, 9.17) is 10.5 Å². The highest BCUT2D eigenvalue weighted by Gasteiger charge is 2.01. The van der Waals surface area contributed by atoms with E-state index in [1.165, 1.54) is 7.11 Å². The molecule has 0 rings (SSSR count). The molecule has 0 fully saturated rings. The Bertz CT molecular complexity index is 276. The maximum atomic E-state index is 10.9. The van der Waals surface area contributed by atoms with Crippen molar-refractivity contribution in [2.75, 3.05) is 27.4 Å². The first-order chi connectivity index (χ1) is 9.10. The van der Waals surface area contributed by atoms with Crippen LogP contribution in [-0.4, -0.2) is 45.3 Å². The van der Waals surface area contributed by atoms with E-state index in [9.17, 15) is 4.79 Å². The van der Waals surface area contributed by atoms with Gasteiger partial charge in [-0.05, 0) is 19.8 Å². The summed E-state index contributed by atoms with van der Waals surface area (Å²) in [4.78, 5) is 15.1. The van der Waals surface area contributed by atoms with Crippen LogP contribution in [0.2, 0.25) is 0 Å². The first-order valence-corrected chi connectivity index (χ1v) is 6.72. The summed E-state index contributed by atoms with van der Waals surface area (Å²) < 4.78 is 9.56. The Morgan fingerprint density at radius 2 is 1.90 bits per heavy atom. The summed E-state index contributed by atoms with van der Waals surface area (Å²) in [5, 5.41) is 3.05. The van der Waals surface area contributed by atoms with Crippen LogP contribution >= 0.6 is 24.0 Å². The number of halogens is 1. The molecule has 0 aliphatic carbocycles. The third kappa shape index (κ3) is 13.9. The average molecular weight is 401 g/mol. The number of esters is 1. The first-order valence-electron chi connectivity index (χ1n) is 6.72. The van der Waals surface area contributed by atoms with Gasteiger partial charge in [0.1, 0.15) is 0 Å². The molecule has 0 aromatic heterocycles. The molecule has 0 aromatic carbocycles. The second-order valence-electron chi connectivity index (χ2n) is 4.51. The molecular formula is C13H28IN3O3. The van der Waals surface area contributed by atoms with Crippen LogP contribution < -0.4 is 11.1 Å². The molecule has 0 saturated carbocycles. The normalized spacial score (nSPS) is 12.4. The van der Waals surface area contributed by atoms with E-state index in [0.717, 1.165) is 25.7 Å². The molecule has 7 heteroatoms. The predicted molar refractivity (Wildman–Crippen MR) is 91.5 cm³/mol. The monoisotopic (exact) mass is 401 g/mol. The number of guanidine groups is 1. The van der Waals surface area contributed by atoms with Crippen LogP contribution in [0, 0.1) is 0 Å². The fraction of sp³-hybridized carbons (Fsp3) is 0.846. The van der Waals surface area contributed by atoms with Gasteiger partial charge >= 0.3 is 5.97 Å². The summed E-state index contributed by atoms with van der Waals surface area (Å²) in [7, 11) is 3.07. The average Bonchev–Trinajstić information content (AvgIpc) is 2.37. The van der Waals surface area contributed by atoms with Gasteiger partial charge in [0.05, 0.1) is 13.7 Å². The van der Waals surface area contributed by atoms with Crippen molar-refractivity contribution in [2.24, 2.45) is 10.7 Å². The third-order valence-electron chi connectivity index (χ3n) is 2.61. The molecule has 20 heavy (non-hydrogen) atoms. The van der Waals surface area contributed by atoms with Crippen molar-refractivity contribution in [1.82, 2.24) is 5.32 Å². The SMILES string of the molecule is COCC(C)NC(N)=NCCCCCCC(=O)OC.I. The fourth-order valence-corrected chi connectivity index (χ4v) is 1.63. The van der Waals surface area contributed by atoms with Crippen LogP contribution in [0.3, 0.4) is 0 Å². The van der Waals surface area contributed by atoms with Gasteiger partial charge in [-0.3, -0.25) is 9.79 Å². The number of ether oxygens (including phenoxy) is 2. The topological polar surface area (TPSA) is 85.9 Å². The summed E-state index contributed by atoms with van der Waals surface area (Å²) in [5.41, 5.74) is 5.73. The van der Waals surface area contributed by atoms with E-state index in [1.807, 2.05) is 6.92 Å². The molecule has 0 spiro atoms. The van der Waals surface area contributed by atoms with Crippen LogP contribution in [0.4, 0.5) is 0 Å². The molecule has 0 saturated heterocycles. The largest absolute Gasteiger partial charge is 0.469 e. The first kappa shape index (κ1) is 21.7. The van der Waals surface area contributed by atoms with Crippen molar-refractivity contribution in [3.05, 3.63) is 0 Å². The Morgan fingerprint density at radius 3 is 2.50 bits per heavy atom. The minimum Gasteiger partial charge on any atom is -0.469 e. The molecule has 0 aromatic rings. The highest BCUT2D eigenvalue weighted by atomic mass is 127. The van der Waals surface area contributed by atoms with Crippen LogP contribution in [0.1, 0.15) is 39.0 Å². The molecule has 0 radical (unpaired) electrons. The summed E-state index contributed by atoms with van der Waals surface area (Å²) in [6.45, 7) is 3.29. The van der Waals surface area contributed by atoms with Gasteiger partial charge in [-0.25, -0.2) is 0 Å². The number of carbonyl (C=O) groups excluding carboxylic acids is 1. The Labute approximate surface area is 138 Å². The quantitative estimate of drug-likeness (QED) is 0.191. The Morgan fingerprint density at radius 1 is 1.25 bits per heavy atom. The van der Waals surface area contributed by atoms with E-state index in [2.05, 4.69) is 15.0 Å². The van der Waals surface area contributed by atoms with Crippen molar-refractivity contribution in [1.29, 1.82) is 0 Å². The van der Waals surface area contributed by atoms with Crippen molar-refractivity contribution in [3.63, 3.8) is 0 Å². The molecule has 0 bridgehead atoms. The van der Waals surface area contributed by atoms with Gasteiger partial charge in [0.15, 0.2) is 5.96 Å². The second-order valence-corrected chi connectivity index (χ2v) is 4.51. The molecule has 120 valence electrons. The minimum atomic E-state index is -0.140. The molecule has 6 nitrogen and oxygen atoms in total. The Kier molecular flexibility index (Phi) is 16.1. The Hall–Kier alpha value is -0.570. The lowest BCUT2D eigenvalue weighted by molar-refractivity contribution is -0.140. The molecule has 0 heterocycles. The van der Waals surface area contributed by atoms with Crippen LogP contribution in [-0.2, 0) is 14.3 Å². The van der Waals surface area contributed by atoms with Crippen LogP contribution in [0.15, 0.2) is 4.99 Å². The summed E-state index contributed by atoms with van der Waals surface area (Å²) in [6, 6.07) is 0.161. The standard InChI is InChI=1S/C13H27N3O3.HI/c1-11(10-18-2)16-13(14)15-9-7-5-4-6-8-12(17)19-3;/h11H,4-10H2,1-3H3,(H3,14,15,16);1H. The lowest BCUT2D eigenvalue weighted by Gasteiger charge is -2.12. The second kappa shape index (κ2) is 14.8. The maximum Gasteiger partial charge on any atom is 0.305 e. The van der Waals surface area contributed by atoms with Crippen molar-refractivity contribution >= 4 is 35.9 Å². The molecule has 3 N–H and O–H groups in total. The number of methoxy groups -OCH3 is 2. The van der Waals surface area contributed by atoms with Crippen molar-refractivity contribution in [2.45, 2.75) is 45.1 Å². The molecular weight excluding hydrogens is 373 g/mol. The number of hydrogen-bond acceptors (Lipinski definition) is 4. The maximum absolute atomic E-state index is 10.9. The highest BCUT2D eigenvalue weighted by molar-refractivity contribution is 14.0. The van der Waals surface area contributed by atoms with Gasteiger partial charge in [0.2, 0.25) is 0 Å². The molecule has 0 aliphatic rings. The summed E-state index contributed by atoms with van der Waals surface area (Å²) in [6.07, 6.45) is 4.40. The van der Waals surface area contributed by atoms with E-state index >= 15 is 0 Å². The predicted octanol–water partition coefficient (Wildman–Crippen LogP) is 1.67. The van der Waals surface area contributed by atoms with Crippen LogP contribution in [0.25, 0.3) is 0 Å². The van der Waals surface area contributed by atoms with E-state index < -0.39 is 0 Å². The Balaban J connectivity index is 0. The number of nitrogens with one attached hydrogen (secondary N) is 1. The smallest absolute Gasteiger partial charge is 0.305 e. The zero-order chi connectivity index (χ0) is 14.5. The van der Waals surface area contributed by atoms with Gasteiger partial charge in [0, 0.05) is 26.1 Å². The lowest BCUT2D eigenvalue weighted by atomic mass is 10.1. The molecule has 0 aliphatic heterocycles. The zero-order valence-corrected chi connectivity index (χ0v) is 15.0. The van der Waals surface area contributed by atoms with Gasteiger partial charge in [-0.1, -0.05) is 12.8 Å². The molecule has 1 unspecified atom stereocenters. The van der Waals surface area contributed by atoms with Gasteiger partial charge in [0.25, 0.3) is 0 Å². The number of nitrogens with zero attached hydrogens (tertiary/aromatic N) is 1. The third-order valence-corrected chi connectivity index (χ3v) is 2.61. The zero-order valence-electron chi connectivity index (χ0n) is 12.7.